The average molecular weight is 753 g/mol. The number of aliphatic hydroxyl groups excluding tert-OH is 2. The van der Waals surface area contributed by atoms with Gasteiger partial charge in [0.1, 0.15) is 0 Å². The fraction of sp³-hybridized carbons (Fsp3) is 0.756. The van der Waals surface area contributed by atoms with Crippen LogP contribution < -0.4 is 16.4 Å². The third-order valence-electron chi connectivity index (χ3n) is 13.0. The molecule has 10 atom stereocenters. The van der Waals surface area contributed by atoms with Gasteiger partial charge in [-0.1, -0.05) is 84.4 Å². The van der Waals surface area contributed by atoms with Crippen molar-refractivity contribution in [3.05, 3.63) is 59.2 Å². The number of hydrogen-bond donors (Lipinski definition) is 8. The Morgan fingerprint density at radius 3 is 2.52 bits per heavy atom. The molecule has 2 aliphatic carbocycles. The van der Waals surface area contributed by atoms with Gasteiger partial charge in [-0.05, 0) is 124 Å². The first-order valence-electron chi connectivity index (χ1n) is 21.5. The van der Waals surface area contributed by atoms with Crippen LogP contribution in [0.15, 0.2) is 48.0 Å². The molecule has 0 amide bonds. The van der Waals surface area contributed by atoms with Gasteiger partial charge in [0.05, 0.1) is 29.5 Å². The van der Waals surface area contributed by atoms with Crippen LogP contribution in [0.5, 0.6) is 0 Å². The summed E-state index contributed by atoms with van der Waals surface area (Å²) in [6, 6.07) is 2.26. The van der Waals surface area contributed by atoms with Crippen LogP contribution in [0.4, 0.5) is 0 Å². The van der Waals surface area contributed by atoms with Crippen molar-refractivity contribution >= 4 is 5.97 Å². The number of carboxylic acids is 1. The summed E-state index contributed by atoms with van der Waals surface area (Å²) in [6.07, 6.45) is 23.1. The van der Waals surface area contributed by atoms with E-state index in [0.717, 1.165) is 57.1 Å². The Morgan fingerprint density at radius 2 is 1.83 bits per heavy atom. The predicted molar refractivity (Wildman–Crippen MR) is 220 cm³/mol. The van der Waals surface area contributed by atoms with Crippen molar-refractivity contribution in [2.45, 2.75) is 154 Å². The minimum atomic E-state index is -1.08. The summed E-state index contributed by atoms with van der Waals surface area (Å²) >= 11 is 0. The van der Waals surface area contributed by atoms with Crippen molar-refractivity contribution in [2.24, 2.45) is 47.2 Å². The molecule has 3 aliphatic rings. The molecule has 9 N–H and O–H groups in total. The summed E-state index contributed by atoms with van der Waals surface area (Å²) in [5.74, 6) is 0.345. The number of nitrogens with two attached hydrogens (primary N) is 1. The number of H-pyrrole nitrogens is 1. The number of aromatic nitrogens is 1. The van der Waals surface area contributed by atoms with E-state index >= 15 is 0 Å². The molecular formula is C45H76N4O5. The Kier molecular flexibility index (Phi) is 17.7. The highest BCUT2D eigenvalue weighted by atomic mass is 16.4. The molecule has 306 valence electrons. The molecule has 1 aromatic heterocycles. The fourth-order valence-electron chi connectivity index (χ4n) is 10.0. The lowest BCUT2D eigenvalue weighted by atomic mass is 9.73. The summed E-state index contributed by atoms with van der Waals surface area (Å²) in [5.41, 5.74) is 8.61. The van der Waals surface area contributed by atoms with Crippen molar-refractivity contribution in [1.29, 1.82) is 0 Å². The molecule has 9 heteroatoms. The van der Waals surface area contributed by atoms with Gasteiger partial charge < -0.3 is 41.8 Å². The molecule has 9 nitrogen and oxygen atoms in total. The third-order valence-corrected chi connectivity index (χ3v) is 13.0. The quantitative estimate of drug-likeness (QED) is 0.0396. The van der Waals surface area contributed by atoms with Crippen LogP contribution in [-0.4, -0.2) is 69.3 Å². The Morgan fingerprint density at radius 1 is 1.06 bits per heavy atom. The third kappa shape index (κ3) is 13.0. The van der Waals surface area contributed by atoms with Gasteiger partial charge in [0.2, 0.25) is 0 Å². The Hall–Kier alpha value is -2.59. The number of unbranched alkanes of at least 4 members (excludes halogenated alkanes) is 4. The minimum Gasteiger partial charge on any atom is -0.481 e. The number of allylic oxidation sites excluding steroid dienone is 3. The van der Waals surface area contributed by atoms with E-state index in [0.29, 0.717) is 62.3 Å². The van der Waals surface area contributed by atoms with Gasteiger partial charge in [0.15, 0.2) is 0 Å². The molecule has 0 unspecified atom stereocenters. The largest absolute Gasteiger partial charge is 0.481 e. The molecule has 0 saturated heterocycles. The average Bonchev–Trinajstić information content (AvgIpc) is 3.71. The summed E-state index contributed by atoms with van der Waals surface area (Å²) in [6.45, 7) is 10.2. The maximum Gasteiger partial charge on any atom is 0.309 e. The zero-order valence-corrected chi connectivity index (χ0v) is 34.2. The molecule has 1 saturated carbocycles. The van der Waals surface area contributed by atoms with Gasteiger partial charge in [-0.15, -0.1) is 0 Å². The molecule has 2 heterocycles. The molecule has 0 radical (unpaired) electrons. The monoisotopic (exact) mass is 753 g/mol. The summed E-state index contributed by atoms with van der Waals surface area (Å²) in [4.78, 5) is 16.1. The van der Waals surface area contributed by atoms with E-state index in [1.807, 2.05) is 13.1 Å². The van der Waals surface area contributed by atoms with Crippen molar-refractivity contribution < 1.29 is 25.2 Å². The Balaban J connectivity index is 1.40. The number of carboxylic acid groups (broad SMARTS) is 1. The number of dihydropyridines is 1. The van der Waals surface area contributed by atoms with Crippen molar-refractivity contribution in [2.75, 3.05) is 20.1 Å². The first kappa shape index (κ1) is 44.1. The van der Waals surface area contributed by atoms with Crippen LogP contribution in [0.2, 0.25) is 0 Å². The van der Waals surface area contributed by atoms with Crippen LogP contribution in [0, 0.1) is 41.4 Å². The number of carbonyl (C=O) groups is 1. The van der Waals surface area contributed by atoms with Crippen LogP contribution in [0.3, 0.4) is 0 Å². The fourth-order valence-corrected chi connectivity index (χ4v) is 10.0. The van der Waals surface area contributed by atoms with Gasteiger partial charge >= 0.3 is 5.97 Å². The predicted octanol–water partition coefficient (Wildman–Crippen LogP) is 7.56. The topological polar surface area (TPSA) is 164 Å². The summed E-state index contributed by atoms with van der Waals surface area (Å²) in [5, 5.41) is 51.9. The maximum absolute atomic E-state index is 12.8. The van der Waals surface area contributed by atoms with E-state index in [2.05, 4.69) is 73.8 Å². The standard InChI is InChI=1S/C45H76N4O5/c1-6-7-9-12-32-15-16-35(41(50)22-32)13-10-8-11-14-40(44(52)53)42(51)26-38(29-47-5)45(54)27-34(20-33-17-18-48-43(46)23-33)21-37(45)25-39-24-36(28-49-39)31(4)19-30(2)3/h15-17,23-24,28,30-32,34-35,37-38,40-42,47-51,54H,6-14,18-22,25-27,29,46H2,1-5H3,(H,52,53)/t31-,32-,34-,35-,37+,38+,40+,41-,42-,45+/m1/s1. The molecule has 1 fully saturated rings. The van der Waals surface area contributed by atoms with Crippen LogP contribution in [0.25, 0.3) is 0 Å². The van der Waals surface area contributed by atoms with E-state index in [1.165, 1.54) is 30.4 Å². The SMILES string of the molecule is CCCCC[C@@H]1C=C[C@@H](CCCCC[C@H](C(=O)O)[C@H](O)C[C@@H](CNC)[C@]2(O)C[C@H](CC3=CCNC(N)=C3)C[C@H]2Cc2cc([C@H](C)CC(C)C)c[nH]2)[C@H](O)C1. The maximum atomic E-state index is 12.8. The highest BCUT2D eigenvalue weighted by Crippen LogP contribution is 2.49. The lowest BCUT2D eigenvalue weighted by molar-refractivity contribution is -0.148. The van der Waals surface area contributed by atoms with Gasteiger partial charge in [0, 0.05) is 36.8 Å². The number of aromatic amines is 1. The zero-order valence-electron chi connectivity index (χ0n) is 34.2. The molecule has 4 rings (SSSR count). The van der Waals surface area contributed by atoms with E-state index in [-0.39, 0.29) is 36.2 Å². The van der Waals surface area contributed by atoms with E-state index in [9.17, 15) is 25.2 Å². The number of aliphatic hydroxyl groups is 3. The normalized spacial score (nSPS) is 28.0. The second kappa shape index (κ2) is 21.6. The molecule has 0 aromatic carbocycles. The van der Waals surface area contributed by atoms with E-state index in [4.69, 9.17) is 5.73 Å². The van der Waals surface area contributed by atoms with Gasteiger partial charge in [-0.3, -0.25) is 4.79 Å². The highest BCUT2D eigenvalue weighted by molar-refractivity contribution is 5.70. The van der Waals surface area contributed by atoms with Crippen molar-refractivity contribution in [3.8, 4) is 0 Å². The summed E-state index contributed by atoms with van der Waals surface area (Å²) < 4.78 is 0. The molecular weight excluding hydrogens is 677 g/mol. The minimum absolute atomic E-state index is 0.0531. The molecule has 0 spiro atoms. The second-order valence-electron chi connectivity index (χ2n) is 17.9. The van der Waals surface area contributed by atoms with Crippen LogP contribution in [0.1, 0.15) is 141 Å². The number of nitrogens with one attached hydrogen (secondary N) is 3. The van der Waals surface area contributed by atoms with E-state index in [1.54, 1.807) is 0 Å². The van der Waals surface area contributed by atoms with Gasteiger partial charge in [-0.25, -0.2) is 0 Å². The lowest BCUT2D eigenvalue weighted by Gasteiger charge is -2.40. The number of rotatable bonds is 24. The first-order valence-corrected chi connectivity index (χ1v) is 21.5. The zero-order chi connectivity index (χ0) is 39.3. The van der Waals surface area contributed by atoms with Gasteiger partial charge in [-0.2, -0.15) is 0 Å². The number of hydrogen-bond acceptors (Lipinski definition) is 7. The van der Waals surface area contributed by atoms with Crippen LogP contribution >= 0.6 is 0 Å². The van der Waals surface area contributed by atoms with E-state index < -0.39 is 23.6 Å². The van der Waals surface area contributed by atoms with Crippen LogP contribution in [-0.2, 0) is 11.2 Å². The summed E-state index contributed by atoms with van der Waals surface area (Å²) in [7, 11) is 1.87. The van der Waals surface area contributed by atoms with Crippen molar-refractivity contribution in [3.63, 3.8) is 0 Å². The lowest BCUT2D eigenvalue weighted by Crippen LogP contribution is -2.48. The second-order valence-corrected chi connectivity index (χ2v) is 17.9. The first-order chi connectivity index (χ1) is 25.8. The molecule has 54 heavy (non-hydrogen) atoms. The molecule has 1 aromatic rings. The Labute approximate surface area is 326 Å². The Bertz CT molecular complexity index is 1370. The van der Waals surface area contributed by atoms with Gasteiger partial charge in [0.25, 0.3) is 0 Å². The molecule has 1 aliphatic heterocycles. The highest BCUT2D eigenvalue weighted by Gasteiger charge is 2.51. The smallest absolute Gasteiger partial charge is 0.309 e. The molecule has 0 bridgehead atoms. The van der Waals surface area contributed by atoms with Crippen molar-refractivity contribution in [1.82, 2.24) is 15.6 Å². The number of aliphatic carboxylic acids is 1.